The zero-order valence-electron chi connectivity index (χ0n) is 17.0. The van der Waals surface area contributed by atoms with Crippen LogP contribution in [0.25, 0.3) is 0 Å². The van der Waals surface area contributed by atoms with Crippen LogP contribution >= 0.6 is 0 Å². The van der Waals surface area contributed by atoms with Gasteiger partial charge in [0.15, 0.2) is 11.5 Å². The zero-order chi connectivity index (χ0) is 20.6. The quantitative estimate of drug-likeness (QED) is 0.773. The van der Waals surface area contributed by atoms with Crippen molar-refractivity contribution in [1.29, 1.82) is 0 Å². The van der Waals surface area contributed by atoms with Crippen molar-refractivity contribution < 1.29 is 24.2 Å². The van der Waals surface area contributed by atoms with Gasteiger partial charge in [0.2, 0.25) is 0 Å². The molecule has 6 heteroatoms. The van der Waals surface area contributed by atoms with Crippen molar-refractivity contribution >= 4 is 11.8 Å². The van der Waals surface area contributed by atoms with Crippen molar-refractivity contribution in [2.45, 2.75) is 40.0 Å². The molecule has 0 radical (unpaired) electrons. The number of hydrogen-bond acceptors (Lipinski definition) is 6. The monoisotopic (exact) mass is 385 g/mol. The van der Waals surface area contributed by atoms with Gasteiger partial charge in [0.05, 0.1) is 25.2 Å². The van der Waals surface area contributed by atoms with Crippen LogP contribution in [0.1, 0.15) is 45.6 Å². The number of esters is 1. The van der Waals surface area contributed by atoms with E-state index in [1.54, 1.807) is 25.1 Å². The van der Waals surface area contributed by atoms with Crippen LogP contribution in [-0.4, -0.2) is 30.6 Å². The first-order valence-electron chi connectivity index (χ1n) is 9.45. The average molecular weight is 385 g/mol. The third-order valence-corrected chi connectivity index (χ3v) is 5.30. The second kappa shape index (κ2) is 7.34. The number of carbonyl (C=O) groups is 2. The number of aromatic hydroxyl groups is 1. The first-order chi connectivity index (χ1) is 13.2. The number of fused-ring (bicyclic) bond motifs is 1. The van der Waals surface area contributed by atoms with Gasteiger partial charge in [-0.3, -0.25) is 4.79 Å². The Morgan fingerprint density at radius 3 is 2.64 bits per heavy atom. The summed E-state index contributed by atoms with van der Waals surface area (Å²) in [7, 11) is 1.47. The van der Waals surface area contributed by atoms with Gasteiger partial charge in [0, 0.05) is 23.7 Å². The van der Waals surface area contributed by atoms with E-state index < -0.39 is 17.8 Å². The molecular weight excluding hydrogens is 358 g/mol. The standard InChI is InChI=1S/C22H27NO5/c1-6-28-21(26)18-12(2)23-14-10-22(3,4)11-16(25)20(14)19(18)13-7-8-17(27-5)15(24)9-13/h7-10,19-20,23-24H,6,11H2,1-5H3. The SMILES string of the molecule is CCOC(=O)C1=C(C)NC2=CC(C)(C)CC(=O)C2C1c1ccc(OC)c(O)c1. The molecule has 3 rings (SSSR count). The van der Waals surface area contributed by atoms with Gasteiger partial charge >= 0.3 is 5.97 Å². The second-order valence-electron chi connectivity index (χ2n) is 8.00. The highest BCUT2D eigenvalue weighted by Crippen LogP contribution is 2.48. The molecule has 1 aromatic carbocycles. The Bertz CT molecular complexity index is 881. The number of phenolic OH excluding ortho intramolecular Hbond substituents is 1. The Morgan fingerprint density at radius 1 is 1.32 bits per heavy atom. The van der Waals surface area contributed by atoms with Crippen LogP contribution < -0.4 is 10.1 Å². The average Bonchev–Trinajstić information content (AvgIpc) is 2.59. The van der Waals surface area contributed by atoms with E-state index in [2.05, 4.69) is 11.4 Å². The summed E-state index contributed by atoms with van der Waals surface area (Å²) < 4.78 is 10.4. The summed E-state index contributed by atoms with van der Waals surface area (Å²) in [5.74, 6) is -1.15. The van der Waals surface area contributed by atoms with Gasteiger partial charge in [-0.25, -0.2) is 4.79 Å². The predicted molar refractivity (Wildman–Crippen MR) is 105 cm³/mol. The molecule has 1 aliphatic carbocycles. The number of allylic oxidation sites excluding steroid dienone is 3. The van der Waals surface area contributed by atoms with Gasteiger partial charge in [-0.2, -0.15) is 0 Å². The number of benzene rings is 1. The molecule has 6 nitrogen and oxygen atoms in total. The topological polar surface area (TPSA) is 84.9 Å². The molecule has 2 N–H and O–H groups in total. The summed E-state index contributed by atoms with van der Waals surface area (Å²) in [5.41, 5.74) is 2.29. The second-order valence-corrected chi connectivity index (χ2v) is 8.00. The van der Waals surface area contributed by atoms with E-state index in [1.807, 2.05) is 20.8 Å². The normalized spacial score (nSPS) is 23.5. The lowest BCUT2D eigenvalue weighted by atomic mass is 9.66. The molecule has 0 fully saturated rings. The number of ketones is 1. The van der Waals surface area contributed by atoms with Gasteiger partial charge in [-0.1, -0.05) is 26.0 Å². The summed E-state index contributed by atoms with van der Waals surface area (Å²) in [6.45, 7) is 7.84. The summed E-state index contributed by atoms with van der Waals surface area (Å²) >= 11 is 0. The van der Waals surface area contributed by atoms with E-state index >= 15 is 0 Å². The fraction of sp³-hybridized carbons (Fsp3) is 0.455. The number of Topliss-reactive ketones (excluding diaryl/α,β-unsaturated/α-hetero) is 1. The summed E-state index contributed by atoms with van der Waals surface area (Å²) in [5, 5.41) is 13.6. The molecular formula is C22H27NO5. The van der Waals surface area contributed by atoms with E-state index in [0.717, 1.165) is 5.70 Å². The lowest BCUT2D eigenvalue weighted by molar-refractivity contribution is -0.139. The molecule has 1 heterocycles. The minimum atomic E-state index is -0.535. The molecule has 2 atom stereocenters. The highest BCUT2D eigenvalue weighted by atomic mass is 16.5. The third kappa shape index (κ3) is 3.51. The van der Waals surface area contributed by atoms with Crippen molar-refractivity contribution in [2.24, 2.45) is 11.3 Å². The Balaban J connectivity index is 2.20. The number of nitrogens with one attached hydrogen (secondary N) is 1. The first-order valence-corrected chi connectivity index (χ1v) is 9.45. The van der Waals surface area contributed by atoms with Gasteiger partial charge < -0.3 is 19.9 Å². The van der Waals surface area contributed by atoms with Gasteiger partial charge in [-0.05, 0) is 37.0 Å². The fourth-order valence-electron chi connectivity index (χ4n) is 4.21. The van der Waals surface area contributed by atoms with Gasteiger partial charge in [-0.15, -0.1) is 0 Å². The number of methoxy groups -OCH3 is 1. The summed E-state index contributed by atoms with van der Waals surface area (Å²) in [6, 6.07) is 4.99. The van der Waals surface area contributed by atoms with Gasteiger partial charge in [0.1, 0.15) is 5.78 Å². The Labute approximate surface area is 165 Å². The van der Waals surface area contributed by atoms with Crippen LogP contribution in [-0.2, 0) is 14.3 Å². The van der Waals surface area contributed by atoms with E-state index in [9.17, 15) is 14.7 Å². The molecule has 0 amide bonds. The van der Waals surface area contributed by atoms with Crippen LogP contribution in [0.5, 0.6) is 11.5 Å². The zero-order valence-corrected chi connectivity index (χ0v) is 17.0. The highest BCUT2D eigenvalue weighted by Gasteiger charge is 2.46. The van der Waals surface area contributed by atoms with Crippen molar-refractivity contribution in [3.63, 3.8) is 0 Å². The Hall–Kier alpha value is -2.76. The molecule has 28 heavy (non-hydrogen) atoms. The maximum absolute atomic E-state index is 13.1. The largest absolute Gasteiger partial charge is 0.504 e. The van der Waals surface area contributed by atoms with E-state index in [-0.39, 0.29) is 23.6 Å². The van der Waals surface area contributed by atoms with Crippen molar-refractivity contribution in [3.8, 4) is 11.5 Å². The predicted octanol–water partition coefficient (Wildman–Crippen LogP) is 3.42. The van der Waals surface area contributed by atoms with Gasteiger partial charge in [0.25, 0.3) is 0 Å². The maximum atomic E-state index is 13.1. The number of ether oxygens (including phenoxy) is 2. The van der Waals surface area contributed by atoms with Crippen LogP contribution in [0, 0.1) is 11.3 Å². The lowest BCUT2D eigenvalue weighted by Gasteiger charge is -2.41. The number of carbonyl (C=O) groups excluding carboxylic acids is 2. The lowest BCUT2D eigenvalue weighted by Crippen LogP contribution is -2.43. The highest BCUT2D eigenvalue weighted by molar-refractivity contribution is 5.96. The minimum absolute atomic E-state index is 0.0338. The molecule has 150 valence electrons. The van der Waals surface area contributed by atoms with E-state index in [4.69, 9.17) is 9.47 Å². The van der Waals surface area contributed by atoms with Crippen LogP contribution in [0.4, 0.5) is 0 Å². The summed E-state index contributed by atoms with van der Waals surface area (Å²) in [4.78, 5) is 25.9. The van der Waals surface area contributed by atoms with Crippen molar-refractivity contribution in [3.05, 3.63) is 46.8 Å². The smallest absolute Gasteiger partial charge is 0.336 e. The maximum Gasteiger partial charge on any atom is 0.336 e. The van der Waals surface area contributed by atoms with Crippen molar-refractivity contribution in [2.75, 3.05) is 13.7 Å². The molecule has 0 saturated carbocycles. The molecule has 0 aromatic heterocycles. The Morgan fingerprint density at radius 2 is 2.04 bits per heavy atom. The first kappa shape index (κ1) is 20.0. The molecule has 0 spiro atoms. The summed E-state index contributed by atoms with van der Waals surface area (Å²) in [6.07, 6.45) is 2.46. The molecule has 2 aliphatic rings. The van der Waals surface area contributed by atoms with E-state index in [1.165, 1.54) is 7.11 Å². The Kier molecular flexibility index (Phi) is 5.24. The molecule has 1 aromatic rings. The van der Waals surface area contributed by atoms with Crippen LogP contribution in [0.3, 0.4) is 0 Å². The van der Waals surface area contributed by atoms with Crippen LogP contribution in [0.15, 0.2) is 41.2 Å². The number of phenols is 1. The number of rotatable bonds is 4. The molecule has 0 saturated heterocycles. The third-order valence-electron chi connectivity index (χ3n) is 5.30. The number of hydrogen-bond donors (Lipinski definition) is 2. The molecule has 0 bridgehead atoms. The van der Waals surface area contributed by atoms with Crippen molar-refractivity contribution in [1.82, 2.24) is 5.32 Å². The minimum Gasteiger partial charge on any atom is -0.504 e. The molecule has 1 aliphatic heterocycles. The van der Waals surface area contributed by atoms with Crippen LogP contribution in [0.2, 0.25) is 0 Å². The fourth-order valence-corrected chi connectivity index (χ4v) is 4.21. The van der Waals surface area contributed by atoms with E-state index in [0.29, 0.717) is 29.0 Å². The molecule has 2 unspecified atom stereocenters.